The highest BCUT2D eigenvalue weighted by Gasteiger charge is 2.14. The number of benzene rings is 1. The van der Waals surface area contributed by atoms with Crippen LogP contribution in [0.4, 0.5) is 5.69 Å². The fraction of sp³-hybridized carbons (Fsp3) is 0.562. The van der Waals surface area contributed by atoms with Crippen molar-refractivity contribution in [1.29, 1.82) is 0 Å². The van der Waals surface area contributed by atoms with Gasteiger partial charge in [0.15, 0.2) is 0 Å². The lowest BCUT2D eigenvalue weighted by Gasteiger charge is -2.21. The van der Waals surface area contributed by atoms with E-state index < -0.39 is 0 Å². The van der Waals surface area contributed by atoms with E-state index in [1.54, 1.807) is 0 Å². The van der Waals surface area contributed by atoms with Crippen molar-refractivity contribution in [2.45, 2.75) is 19.3 Å². The standard InChI is InChI=1S/C16H24N2O2/c1-18(2)15-5-3-14(4-6-15)16(19)17-10-7-13-8-11-20-12-9-13/h3-6,13H,7-12H2,1-2H3,(H,17,19). The molecular formula is C16H24N2O2. The molecule has 1 fully saturated rings. The average Bonchev–Trinajstić information content (AvgIpc) is 2.48. The van der Waals surface area contributed by atoms with Crippen LogP contribution in [-0.4, -0.2) is 39.8 Å². The van der Waals surface area contributed by atoms with Crippen LogP contribution in [0.2, 0.25) is 0 Å². The summed E-state index contributed by atoms with van der Waals surface area (Å²) in [5.74, 6) is 0.711. The van der Waals surface area contributed by atoms with E-state index in [1.165, 1.54) is 0 Å². The first-order chi connectivity index (χ1) is 9.66. The van der Waals surface area contributed by atoms with Gasteiger partial charge in [-0.3, -0.25) is 4.79 Å². The van der Waals surface area contributed by atoms with Gasteiger partial charge in [0.2, 0.25) is 0 Å². The third-order valence-corrected chi connectivity index (χ3v) is 3.82. The highest BCUT2D eigenvalue weighted by atomic mass is 16.5. The molecule has 0 radical (unpaired) electrons. The summed E-state index contributed by atoms with van der Waals surface area (Å²) in [5, 5.41) is 3.00. The first-order valence-electron chi connectivity index (χ1n) is 7.30. The molecule has 1 saturated heterocycles. The van der Waals surface area contributed by atoms with Crippen LogP contribution in [0.5, 0.6) is 0 Å². The lowest BCUT2D eigenvalue weighted by atomic mass is 9.97. The molecule has 1 aromatic carbocycles. The number of anilines is 1. The highest BCUT2D eigenvalue weighted by molar-refractivity contribution is 5.94. The number of hydrogen-bond acceptors (Lipinski definition) is 3. The summed E-state index contributed by atoms with van der Waals surface area (Å²) in [4.78, 5) is 14.0. The Morgan fingerprint density at radius 3 is 2.50 bits per heavy atom. The average molecular weight is 276 g/mol. The van der Waals surface area contributed by atoms with Gasteiger partial charge in [-0.15, -0.1) is 0 Å². The maximum atomic E-state index is 12.0. The highest BCUT2D eigenvalue weighted by Crippen LogP contribution is 2.17. The fourth-order valence-corrected chi connectivity index (χ4v) is 2.44. The molecule has 20 heavy (non-hydrogen) atoms. The van der Waals surface area contributed by atoms with Gasteiger partial charge in [0.05, 0.1) is 0 Å². The van der Waals surface area contributed by atoms with Gasteiger partial charge in [0.1, 0.15) is 0 Å². The SMILES string of the molecule is CN(C)c1ccc(C(=O)NCCC2CCOCC2)cc1. The second kappa shape index (κ2) is 7.29. The first kappa shape index (κ1) is 14.9. The predicted molar refractivity (Wildman–Crippen MR) is 81.3 cm³/mol. The van der Waals surface area contributed by atoms with Crippen molar-refractivity contribution >= 4 is 11.6 Å². The number of nitrogens with one attached hydrogen (secondary N) is 1. The van der Waals surface area contributed by atoms with Gasteiger partial charge in [0, 0.05) is 45.1 Å². The number of carbonyl (C=O) groups is 1. The monoisotopic (exact) mass is 276 g/mol. The van der Waals surface area contributed by atoms with Crippen molar-refractivity contribution in [2.24, 2.45) is 5.92 Å². The van der Waals surface area contributed by atoms with Gasteiger partial charge in [-0.2, -0.15) is 0 Å². The molecule has 0 unspecified atom stereocenters. The quantitative estimate of drug-likeness (QED) is 0.897. The molecule has 2 rings (SSSR count). The maximum Gasteiger partial charge on any atom is 0.251 e. The largest absolute Gasteiger partial charge is 0.381 e. The lowest BCUT2D eigenvalue weighted by molar-refractivity contribution is 0.0636. The van der Waals surface area contributed by atoms with E-state index in [9.17, 15) is 4.79 Å². The van der Waals surface area contributed by atoms with Crippen LogP contribution >= 0.6 is 0 Å². The summed E-state index contributed by atoms with van der Waals surface area (Å²) >= 11 is 0. The molecule has 110 valence electrons. The molecule has 0 bridgehead atoms. The van der Waals surface area contributed by atoms with Crippen molar-refractivity contribution in [2.75, 3.05) is 38.8 Å². The molecule has 0 atom stereocenters. The Labute approximate surface area is 121 Å². The molecule has 0 aromatic heterocycles. The van der Waals surface area contributed by atoms with Crippen LogP contribution in [-0.2, 0) is 4.74 Å². The third-order valence-electron chi connectivity index (χ3n) is 3.82. The van der Waals surface area contributed by atoms with Crippen LogP contribution in [0.1, 0.15) is 29.6 Å². The van der Waals surface area contributed by atoms with E-state index in [4.69, 9.17) is 4.74 Å². The maximum absolute atomic E-state index is 12.0. The van der Waals surface area contributed by atoms with Gasteiger partial charge in [-0.1, -0.05) is 0 Å². The lowest BCUT2D eigenvalue weighted by Crippen LogP contribution is -2.27. The second-order valence-corrected chi connectivity index (χ2v) is 5.54. The van der Waals surface area contributed by atoms with Crippen LogP contribution in [0, 0.1) is 5.92 Å². The van der Waals surface area contributed by atoms with Gasteiger partial charge in [-0.25, -0.2) is 0 Å². The molecule has 1 amide bonds. The van der Waals surface area contributed by atoms with Crippen LogP contribution in [0.3, 0.4) is 0 Å². The number of nitrogens with zero attached hydrogens (tertiary/aromatic N) is 1. The molecule has 1 aliphatic heterocycles. The summed E-state index contributed by atoms with van der Waals surface area (Å²) in [6, 6.07) is 7.68. The minimum atomic E-state index is 0.0161. The molecule has 1 N–H and O–H groups in total. The van der Waals surface area contributed by atoms with Crippen LogP contribution < -0.4 is 10.2 Å². The predicted octanol–water partition coefficient (Wildman–Crippen LogP) is 2.30. The van der Waals surface area contributed by atoms with E-state index in [2.05, 4.69) is 5.32 Å². The summed E-state index contributed by atoms with van der Waals surface area (Å²) < 4.78 is 5.34. The Morgan fingerprint density at radius 1 is 1.25 bits per heavy atom. The zero-order valence-corrected chi connectivity index (χ0v) is 12.4. The van der Waals surface area contributed by atoms with E-state index in [1.807, 2.05) is 43.3 Å². The normalized spacial score (nSPS) is 15.9. The van der Waals surface area contributed by atoms with Gasteiger partial charge in [-0.05, 0) is 49.4 Å². The zero-order valence-electron chi connectivity index (χ0n) is 12.4. The van der Waals surface area contributed by atoms with Gasteiger partial charge in [0.25, 0.3) is 5.91 Å². The molecule has 4 heteroatoms. The Bertz CT molecular complexity index is 423. The Morgan fingerprint density at radius 2 is 1.90 bits per heavy atom. The van der Waals surface area contributed by atoms with Gasteiger partial charge >= 0.3 is 0 Å². The molecule has 4 nitrogen and oxygen atoms in total. The summed E-state index contributed by atoms with van der Waals surface area (Å²) in [6.07, 6.45) is 3.28. The summed E-state index contributed by atoms with van der Waals surface area (Å²) in [7, 11) is 3.98. The Balaban J connectivity index is 1.76. The molecular weight excluding hydrogens is 252 g/mol. The van der Waals surface area contributed by atoms with Crippen molar-refractivity contribution in [3.05, 3.63) is 29.8 Å². The smallest absolute Gasteiger partial charge is 0.251 e. The Kier molecular flexibility index (Phi) is 5.41. The van der Waals surface area contributed by atoms with E-state index >= 15 is 0 Å². The third kappa shape index (κ3) is 4.23. The zero-order chi connectivity index (χ0) is 14.4. The minimum Gasteiger partial charge on any atom is -0.381 e. The molecule has 1 aromatic rings. The van der Waals surface area contributed by atoms with Crippen molar-refractivity contribution in [3.8, 4) is 0 Å². The number of rotatable bonds is 5. The molecule has 0 spiro atoms. The topological polar surface area (TPSA) is 41.6 Å². The van der Waals surface area contributed by atoms with Crippen molar-refractivity contribution < 1.29 is 9.53 Å². The number of hydrogen-bond donors (Lipinski definition) is 1. The fourth-order valence-electron chi connectivity index (χ4n) is 2.44. The molecule has 1 heterocycles. The summed E-state index contributed by atoms with van der Waals surface area (Å²) in [6.45, 7) is 2.48. The number of amides is 1. The van der Waals surface area contributed by atoms with Crippen molar-refractivity contribution in [3.63, 3.8) is 0 Å². The van der Waals surface area contributed by atoms with E-state index in [-0.39, 0.29) is 5.91 Å². The van der Waals surface area contributed by atoms with Crippen LogP contribution in [0.15, 0.2) is 24.3 Å². The van der Waals surface area contributed by atoms with Gasteiger partial charge < -0.3 is 15.0 Å². The minimum absolute atomic E-state index is 0.0161. The molecule has 0 aliphatic carbocycles. The first-order valence-corrected chi connectivity index (χ1v) is 7.30. The van der Waals surface area contributed by atoms with E-state index in [0.717, 1.165) is 50.3 Å². The second-order valence-electron chi connectivity index (χ2n) is 5.54. The summed E-state index contributed by atoms with van der Waals surface area (Å²) in [5.41, 5.74) is 1.83. The van der Waals surface area contributed by atoms with Crippen molar-refractivity contribution in [1.82, 2.24) is 5.32 Å². The van der Waals surface area contributed by atoms with E-state index in [0.29, 0.717) is 5.92 Å². The molecule has 0 saturated carbocycles. The number of ether oxygens (including phenoxy) is 1. The van der Waals surface area contributed by atoms with Crippen LogP contribution in [0.25, 0.3) is 0 Å². The number of carbonyl (C=O) groups excluding carboxylic acids is 1. The Hall–Kier alpha value is -1.55. The molecule has 1 aliphatic rings.